The third kappa shape index (κ3) is 4.63. The summed E-state index contributed by atoms with van der Waals surface area (Å²) in [5.74, 6) is 2.92. The van der Waals surface area contributed by atoms with Gasteiger partial charge in [-0.3, -0.25) is 0 Å². The topological polar surface area (TPSA) is 46.2 Å². The molecule has 0 aromatic carbocycles. The Morgan fingerprint density at radius 3 is 2.75 bits per heavy atom. The molecule has 1 rings (SSSR count). The van der Waals surface area contributed by atoms with Crippen LogP contribution in [0.5, 0.6) is 0 Å². The summed E-state index contributed by atoms with van der Waals surface area (Å²) in [6.07, 6.45) is 5.34. The van der Waals surface area contributed by atoms with Crippen LogP contribution in [0.4, 0.5) is 0 Å². The molecule has 0 saturated carbocycles. The average Bonchev–Trinajstić information content (AvgIpc) is 2.58. The van der Waals surface area contributed by atoms with Crippen molar-refractivity contribution in [3.63, 3.8) is 0 Å². The van der Waals surface area contributed by atoms with Gasteiger partial charge in [0.05, 0.1) is 11.5 Å². The van der Waals surface area contributed by atoms with E-state index in [9.17, 15) is 8.42 Å². The highest BCUT2D eigenvalue weighted by Crippen LogP contribution is 2.29. The molecule has 2 unspecified atom stereocenters. The first-order valence-electron chi connectivity index (χ1n) is 5.93. The molecule has 3 nitrogen and oxygen atoms in total. The van der Waals surface area contributed by atoms with E-state index in [-0.39, 0.29) is 0 Å². The molecule has 96 valence electrons. The van der Waals surface area contributed by atoms with Crippen LogP contribution in [0.25, 0.3) is 0 Å². The predicted molar refractivity (Wildman–Crippen MR) is 71.8 cm³/mol. The second-order valence-corrected chi connectivity index (χ2v) is 7.83. The Balaban J connectivity index is 2.43. The molecule has 1 saturated heterocycles. The minimum atomic E-state index is -2.72. The Hall–Kier alpha value is 0.260. The molecule has 0 radical (unpaired) electrons. The molecule has 1 heterocycles. The number of nitrogens with one attached hydrogen (secondary N) is 1. The van der Waals surface area contributed by atoms with Crippen LogP contribution in [-0.4, -0.2) is 45.5 Å². The van der Waals surface area contributed by atoms with Crippen molar-refractivity contribution in [2.75, 3.05) is 37.1 Å². The summed E-state index contributed by atoms with van der Waals surface area (Å²) >= 11 is 1.87. The highest BCUT2D eigenvalue weighted by molar-refractivity contribution is 7.98. The first-order chi connectivity index (χ1) is 7.59. The molecule has 0 aromatic rings. The average molecular weight is 265 g/mol. The van der Waals surface area contributed by atoms with Crippen molar-refractivity contribution in [1.82, 2.24) is 5.32 Å². The van der Waals surface area contributed by atoms with Crippen molar-refractivity contribution in [3.05, 3.63) is 0 Å². The molecule has 1 aliphatic heterocycles. The van der Waals surface area contributed by atoms with Crippen molar-refractivity contribution < 1.29 is 8.42 Å². The third-order valence-corrected chi connectivity index (χ3v) is 5.81. The maximum atomic E-state index is 11.5. The Kier molecular flexibility index (Phi) is 6.15. The Morgan fingerprint density at radius 2 is 2.25 bits per heavy atom. The minimum absolute atomic E-state index is 0.388. The number of rotatable bonds is 7. The first kappa shape index (κ1) is 14.3. The van der Waals surface area contributed by atoms with E-state index in [1.807, 2.05) is 18.8 Å². The van der Waals surface area contributed by atoms with Gasteiger partial charge >= 0.3 is 0 Å². The first-order valence-corrected chi connectivity index (χ1v) is 9.14. The summed E-state index contributed by atoms with van der Waals surface area (Å²) in [5, 5.41) is 3.20. The fourth-order valence-electron chi connectivity index (χ4n) is 2.45. The van der Waals surface area contributed by atoms with Crippen molar-refractivity contribution in [1.29, 1.82) is 0 Å². The minimum Gasteiger partial charge on any atom is -0.319 e. The lowest BCUT2D eigenvalue weighted by molar-refractivity contribution is 0.331. The van der Waals surface area contributed by atoms with Crippen molar-refractivity contribution in [2.24, 2.45) is 11.8 Å². The van der Waals surface area contributed by atoms with Crippen LogP contribution in [0, 0.1) is 11.8 Å². The van der Waals surface area contributed by atoms with Crippen LogP contribution < -0.4 is 5.32 Å². The number of hydrogen-bond acceptors (Lipinski definition) is 4. The lowest BCUT2D eigenvalue weighted by Crippen LogP contribution is -2.27. The van der Waals surface area contributed by atoms with Crippen molar-refractivity contribution >= 4 is 21.6 Å². The Bertz CT molecular complexity index is 290. The van der Waals surface area contributed by atoms with E-state index >= 15 is 0 Å². The standard InChI is InChI=1S/C11H23NO2S2/c1-12-8-10(4-3-6-15-2)11-5-7-16(13,14)9-11/h10-12H,3-9H2,1-2H3. The van der Waals surface area contributed by atoms with Gasteiger partial charge in [-0.15, -0.1) is 0 Å². The molecule has 0 aliphatic carbocycles. The van der Waals surface area contributed by atoms with Gasteiger partial charge in [0.25, 0.3) is 0 Å². The number of sulfone groups is 1. The van der Waals surface area contributed by atoms with E-state index in [1.165, 1.54) is 12.2 Å². The zero-order valence-electron chi connectivity index (χ0n) is 10.2. The normalized spacial score (nSPS) is 25.8. The summed E-state index contributed by atoms with van der Waals surface area (Å²) in [6, 6.07) is 0. The van der Waals surface area contributed by atoms with Gasteiger partial charge in [0.2, 0.25) is 0 Å². The lowest BCUT2D eigenvalue weighted by atomic mass is 9.88. The van der Waals surface area contributed by atoms with E-state index in [2.05, 4.69) is 11.6 Å². The fraction of sp³-hybridized carbons (Fsp3) is 1.00. The van der Waals surface area contributed by atoms with Crippen LogP contribution in [0.15, 0.2) is 0 Å². The van der Waals surface area contributed by atoms with Crippen molar-refractivity contribution in [2.45, 2.75) is 19.3 Å². The van der Waals surface area contributed by atoms with Crippen LogP contribution >= 0.6 is 11.8 Å². The van der Waals surface area contributed by atoms with Gasteiger partial charge < -0.3 is 5.32 Å². The van der Waals surface area contributed by atoms with Crippen LogP contribution in [-0.2, 0) is 9.84 Å². The zero-order valence-corrected chi connectivity index (χ0v) is 11.9. The monoisotopic (exact) mass is 265 g/mol. The smallest absolute Gasteiger partial charge is 0.150 e. The van der Waals surface area contributed by atoms with E-state index in [0.29, 0.717) is 23.3 Å². The number of hydrogen-bond donors (Lipinski definition) is 1. The molecule has 0 aromatic heterocycles. The summed E-state index contributed by atoms with van der Waals surface area (Å²) in [5.41, 5.74) is 0. The largest absolute Gasteiger partial charge is 0.319 e. The summed E-state index contributed by atoms with van der Waals surface area (Å²) in [4.78, 5) is 0. The lowest BCUT2D eigenvalue weighted by Gasteiger charge is -2.22. The highest BCUT2D eigenvalue weighted by Gasteiger charge is 2.32. The van der Waals surface area contributed by atoms with Crippen LogP contribution in [0.2, 0.25) is 0 Å². The molecule has 1 N–H and O–H groups in total. The van der Waals surface area contributed by atoms with E-state index in [1.54, 1.807) is 0 Å². The molecule has 0 amide bonds. The fourth-order valence-corrected chi connectivity index (χ4v) is 4.83. The predicted octanol–water partition coefficient (Wildman–Crippen LogP) is 1.40. The molecular weight excluding hydrogens is 242 g/mol. The molecule has 0 spiro atoms. The van der Waals surface area contributed by atoms with E-state index in [0.717, 1.165) is 19.4 Å². The van der Waals surface area contributed by atoms with Gasteiger partial charge in [-0.2, -0.15) is 11.8 Å². The van der Waals surface area contributed by atoms with Gasteiger partial charge in [0.1, 0.15) is 0 Å². The zero-order chi connectivity index (χ0) is 12.0. The van der Waals surface area contributed by atoms with E-state index < -0.39 is 9.84 Å². The summed E-state index contributed by atoms with van der Waals surface area (Å²) in [6.45, 7) is 0.953. The van der Waals surface area contributed by atoms with E-state index in [4.69, 9.17) is 0 Å². The third-order valence-electron chi connectivity index (χ3n) is 3.32. The maximum absolute atomic E-state index is 11.5. The molecule has 16 heavy (non-hydrogen) atoms. The second kappa shape index (κ2) is 6.87. The van der Waals surface area contributed by atoms with Crippen LogP contribution in [0.1, 0.15) is 19.3 Å². The van der Waals surface area contributed by atoms with Gasteiger partial charge in [0.15, 0.2) is 9.84 Å². The Labute approximate surface area is 104 Å². The van der Waals surface area contributed by atoms with Gasteiger partial charge in [0, 0.05) is 0 Å². The van der Waals surface area contributed by atoms with Crippen molar-refractivity contribution in [3.8, 4) is 0 Å². The molecule has 0 bridgehead atoms. The molecule has 1 aliphatic rings. The second-order valence-electron chi connectivity index (χ2n) is 4.62. The summed E-state index contributed by atoms with van der Waals surface area (Å²) < 4.78 is 22.9. The molecular formula is C11H23NO2S2. The van der Waals surface area contributed by atoms with Gasteiger partial charge in [-0.05, 0) is 56.7 Å². The molecule has 1 fully saturated rings. The number of thioether (sulfide) groups is 1. The van der Waals surface area contributed by atoms with Crippen LogP contribution in [0.3, 0.4) is 0 Å². The summed E-state index contributed by atoms with van der Waals surface area (Å²) in [7, 11) is -0.773. The highest BCUT2D eigenvalue weighted by atomic mass is 32.2. The SMILES string of the molecule is CNCC(CCCSC)C1CCS(=O)(=O)C1. The quantitative estimate of drug-likeness (QED) is 0.707. The van der Waals surface area contributed by atoms with Gasteiger partial charge in [-0.25, -0.2) is 8.42 Å². The molecule has 2 atom stereocenters. The Morgan fingerprint density at radius 1 is 1.50 bits per heavy atom. The maximum Gasteiger partial charge on any atom is 0.150 e. The molecule has 5 heteroatoms. The van der Waals surface area contributed by atoms with Gasteiger partial charge in [-0.1, -0.05) is 0 Å².